The molecule has 3 N–H and O–H groups in total. The molecule has 1 fully saturated rings. The highest BCUT2D eigenvalue weighted by Crippen LogP contribution is 2.32. The minimum atomic E-state index is -1.03. The second-order valence-electron chi connectivity index (χ2n) is 9.22. The van der Waals surface area contributed by atoms with Crippen LogP contribution in [0.1, 0.15) is 32.8 Å². The molecule has 0 unspecified atom stereocenters. The maximum absolute atomic E-state index is 11.1. The summed E-state index contributed by atoms with van der Waals surface area (Å²) in [5, 5.41) is 35.5. The quantitative estimate of drug-likeness (QED) is 0.521. The smallest absolute Gasteiger partial charge is 0.405 e. The van der Waals surface area contributed by atoms with Gasteiger partial charge in [0.1, 0.15) is 24.2 Å². The van der Waals surface area contributed by atoms with Crippen molar-refractivity contribution < 1.29 is 19.7 Å². The topological polar surface area (TPSA) is 136 Å². The normalized spacial score (nSPS) is 18.3. The van der Waals surface area contributed by atoms with Crippen molar-refractivity contribution in [2.75, 3.05) is 24.6 Å². The van der Waals surface area contributed by atoms with E-state index in [2.05, 4.69) is 21.5 Å². The number of amides is 1. The standard InChI is InChI=1S/C23H26N6O4/c1-22(2,32)14-33-17-8-18(20-16(9-24)11-26-29(20)12-17)15-4-5-19(25-10-15)28-7-6-23(3,13-28)27-21(30)31/h4-5,8,10-12,27,32H,6-7,13-14H2,1-3H3,(H,30,31)/t23-/m0/s1. The Morgan fingerprint density at radius 2 is 2.18 bits per heavy atom. The van der Waals surface area contributed by atoms with Crippen molar-refractivity contribution in [1.82, 2.24) is 19.9 Å². The highest BCUT2D eigenvalue weighted by molar-refractivity contribution is 5.85. The van der Waals surface area contributed by atoms with Gasteiger partial charge in [0.05, 0.1) is 34.6 Å². The molecule has 33 heavy (non-hydrogen) atoms. The number of fused-ring (bicyclic) bond motifs is 1. The van der Waals surface area contributed by atoms with Crippen molar-refractivity contribution in [3.8, 4) is 22.9 Å². The molecule has 0 aromatic carbocycles. The Labute approximate surface area is 191 Å². The SMILES string of the molecule is CC(C)(O)COc1cc(-c2ccc(N3CC[C@](C)(NC(=O)O)C3)nc2)c2c(C#N)cnn2c1. The number of aromatic nitrogens is 3. The molecule has 3 aromatic heterocycles. The second-order valence-corrected chi connectivity index (χ2v) is 9.22. The highest BCUT2D eigenvalue weighted by Gasteiger charge is 2.35. The molecule has 4 rings (SSSR count). The number of nitrogens with zero attached hydrogens (tertiary/aromatic N) is 5. The van der Waals surface area contributed by atoms with E-state index in [1.807, 2.05) is 30.0 Å². The maximum Gasteiger partial charge on any atom is 0.405 e. The molecular weight excluding hydrogens is 424 g/mol. The summed E-state index contributed by atoms with van der Waals surface area (Å²) in [6.45, 7) is 6.51. The van der Waals surface area contributed by atoms with E-state index < -0.39 is 17.2 Å². The van der Waals surface area contributed by atoms with Crippen LogP contribution in [-0.4, -0.2) is 61.7 Å². The predicted octanol–water partition coefficient (Wildman–Crippen LogP) is 2.65. The minimum Gasteiger partial charge on any atom is -0.489 e. The van der Waals surface area contributed by atoms with Gasteiger partial charge in [-0.2, -0.15) is 10.4 Å². The van der Waals surface area contributed by atoms with E-state index in [-0.39, 0.29) is 6.61 Å². The number of hydrogen-bond donors (Lipinski definition) is 3. The van der Waals surface area contributed by atoms with Crippen LogP contribution in [0.5, 0.6) is 5.75 Å². The number of ether oxygens (including phenoxy) is 1. The summed E-state index contributed by atoms with van der Waals surface area (Å²) in [4.78, 5) is 17.7. The summed E-state index contributed by atoms with van der Waals surface area (Å²) in [6.07, 6.45) is 4.55. The fraction of sp³-hybridized carbons (Fsp3) is 0.391. The second kappa shape index (κ2) is 8.26. The van der Waals surface area contributed by atoms with Gasteiger partial charge in [-0.3, -0.25) is 0 Å². The zero-order chi connectivity index (χ0) is 23.8. The van der Waals surface area contributed by atoms with Crippen LogP contribution in [0.3, 0.4) is 0 Å². The lowest BCUT2D eigenvalue weighted by Crippen LogP contribution is -2.47. The van der Waals surface area contributed by atoms with Gasteiger partial charge in [-0.1, -0.05) is 0 Å². The largest absolute Gasteiger partial charge is 0.489 e. The van der Waals surface area contributed by atoms with Crippen LogP contribution in [0.2, 0.25) is 0 Å². The van der Waals surface area contributed by atoms with Crippen molar-refractivity contribution >= 4 is 17.4 Å². The Kier molecular flexibility index (Phi) is 5.59. The first-order valence-electron chi connectivity index (χ1n) is 10.6. The van der Waals surface area contributed by atoms with Gasteiger partial charge in [0.2, 0.25) is 0 Å². The highest BCUT2D eigenvalue weighted by atomic mass is 16.5. The molecule has 1 aliphatic heterocycles. The third-order valence-electron chi connectivity index (χ3n) is 5.56. The summed E-state index contributed by atoms with van der Waals surface area (Å²) in [5.74, 6) is 1.25. The predicted molar refractivity (Wildman–Crippen MR) is 121 cm³/mol. The summed E-state index contributed by atoms with van der Waals surface area (Å²) < 4.78 is 7.35. The molecule has 0 radical (unpaired) electrons. The van der Waals surface area contributed by atoms with E-state index in [9.17, 15) is 15.2 Å². The number of pyridine rings is 2. The molecule has 1 aliphatic rings. The van der Waals surface area contributed by atoms with Gasteiger partial charge in [-0.05, 0) is 45.4 Å². The maximum atomic E-state index is 11.1. The van der Waals surface area contributed by atoms with Crippen LogP contribution in [0, 0.1) is 11.3 Å². The fourth-order valence-electron chi connectivity index (χ4n) is 3.99. The van der Waals surface area contributed by atoms with Crippen LogP contribution >= 0.6 is 0 Å². The Morgan fingerprint density at radius 3 is 2.82 bits per heavy atom. The van der Waals surface area contributed by atoms with Crippen molar-refractivity contribution in [1.29, 1.82) is 5.26 Å². The summed E-state index contributed by atoms with van der Waals surface area (Å²) in [5.41, 5.74) is 1.06. The lowest BCUT2D eigenvalue weighted by Gasteiger charge is -2.25. The van der Waals surface area contributed by atoms with Crippen LogP contribution < -0.4 is 15.0 Å². The monoisotopic (exact) mass is 450 g/mol. The van der Waals surface area contributed by atoms with E-state index in [4.69, 9.17) is 9.84 Å². The van der Waals surface area contributed by atoms with Gasteiger partial charge in [-0.15, -0.1) is 0 Å². The molecule has 4 heterocycles. The number of nitrogens with one attached hydrogen (secondary N) is 1. The zero-order valence-corrected chi connectivity index (χ0v) is 18.7. The molecule has 0 aliphatic carbocycles. The number of nitriles is 1. The first kappa shape index (κ1) is 22.4. The van der Waals surface area contributed by atoms with Gasteiger partial charge in [0.15, 0.2) is 0 Å². The number of anilines is 1. The summed E-state index contributed by atoms with van der Waals surface area (Å²) in [6, 6.07) is 7.77. The molecule has 0 bridgehead atoms. The molecule has 0 spiro atoms. The number of carbonyl (C=O) groups is 1. The van der Waals surface area contributed by atoms with Gasteiger partial charge < -0.3 is 25.2 Å². The van der Waals surface area contributed by atoms with Crippen LogP contribution in [0.25, 0.3) is 16.6 Å². The molecule has 1 saturated heterocycles. The number of aliphatic hydroxyl groups is 1. The average Bonchev–Trinajstić information content (AvgIpc) is 3.34. The van der Waals surface area contributed by atoms with E-state index >= 15 is 0 Å². The first-order chi connectivity index (χ1) is 15.6. The lowest BCUT2D eigenvalue weighted by atomic mass is 10.0. The number of hydrogen-bond acceptors (Lipinski definition) is 7. The lowest BCUT2D eigenvalue weighted by molar-refractivity contribution is 0.0283. The number of rotatable bonds is 6. The Hall–Kier alpha value is -3.84. The Balaban J connectivity index is 1.65. The minimum absolute atomic E-state index is 0.0968. The molecule has 1 amide bonds. The molecule has 0 saturated carbocycles. The zero-order valence-electron chi connectivity index (χ0n) is 18.7. The third-order valence-corrected chi connectivity index (χ3v) is 5.56. The molecule has 10 heteroatoms. The fourth-order valence-corrected chi connectivity index (χ4v) is 3.99. The average molecular weight is 450 g/mol. The summed E-state index contributed by atoms with van der Waals surface area (Å²) in [7, 11) is 0. The van der Waals surface area contributed by atoms with Crippen molar-refractivity contribution in [2.24, 2.45) is 0 Å². The van der Waals surface area contributed by atoms with Gasteiger partial charge in [0.25, 0.3) is 0 Å². The van der Waals surface area contributed by atoms with Crippen LogP contribution in [-0.2, 0) is 0 Å². The van der Waals surface area contributed by atoms with Crippen molar-refractivity contribution in [3.05, 3.63) is 42.4 Å². The van der Waals surface area contributed by atoms with Crippen molar-refractivity contribution in [3.63, 3.8) is 0 Å². The van der Waals surface area contributed by atoms with Crippen LogP contribution in [0.4, 0.5) is 10.6 Å². The van der Waals surface area contributed by atoms with Gasteiger partial charge in [-0.25, -0.2) is 14.3 Å². The van der Waals surface area contributed by atoms with E-state index in [0.29, 0.717) is 36.3 Å². The molecule has 3 aromatic rings. The van der Waals surface area contributed by atoms with E-state index in [1.54, 1.807) is 30.8 Å². The third kappa shape index (κ3) is 4.83. The first-order valence-corrected chi connectivity index (χ1v) is 10.6. The van der Waals surface area contributed by atoms with Gasteiger partial charge in [0, 0.05) is 30.4 Å². The molecule has 10 nitrogen and oxygen atoms in total. The molecule has 172 valence electrons. The van der Waals surface area contributed by atoms with E-state index in [1.165, 1.54) is 6.20 Å². The molecule has 1 atom stereocenters. The van der Waals surface area contributed by atoms with Crippen LogP contribution in [0.15, 0.2) is 36.8 Å². The number of carboxylic acid groups (broad SMARTS) is 1. The molecular formula is C23H26N6O4. The van der Waals surface area contributed by atoms with Crippen molar-refractivity contribution in [2.45, 2.75) is 38.3 Å². The van der Waals surface area contributed by atoms with Gasteiger partial charge >= 0.3 is 6.09 Å². The summed E-state index contributed by atoms with van der Waals surface area (Å²) >= 11 is 0. The van der Waals surface area contributed by atoms with E-state index in [0.717, 1.165) is 16.9 Å². The Bertz CT molecular complexity index is 1220. The Morgan fingerprint density at radius 1 is 1.39 bits per heavy atom.